The lowest BCUT2D eigenvalue weighted by Gasteiger charge is -2.31. The van der Waals surface area contributed by atoms with Gasteiger partial charge in [-0.05, 0) is 66.6 Å². The summed E-state index contributed by atoms with van der Waals surface area (Å²) in [6, 6.07) is 13.7. The van der Waals surface area contributed by atoms with Crippen LogP contribution >= 0.6 is 0 Å². The Morgan fingerprint density at radius 1 is 1.03 bits per heavy atom. The summed E-state index contributed by atoms with van der Waals surface area (Å²) in [5.41, 5.74) is 2.14. The number of carbonyl (C=O) groups excluding carboxylic acids is 1. The summed E-state index contributed by atoms with van der Waals surface area (Å²) in [6.45, 7) is 12.6. The van der Waals surface area contributed by atoms with E-state index in [0.717, 1.165) is 12.1 Å². The molecule has 0 fully saturated rings. The molecular weight excluding hydrogens is 377 g/mol. The van der Waals surface area contributed by atoms with Crippen LogP contribution in [0.3, 0.4) is 0 Å². The number of hydrogen-bond acceptors (Lipinski definition) is 3. The Bertz CT molecular complexity index is 850. The van der Waals surface area contributed by atoms with Crippen LogP contribution in [0.1, 0.15) is 75.7 Å². The van der Waals surface area contributed by atoms with E-state index >= 15 is 0 Å². The molecule has 2 aromatic carbocycles. The number of Topliss-reactive ketones (excluding diaryl/α,β-unsaturated/α-hetero) is 1. The topological polar surface area (TPSA) is 49.3 Å². The van der Waals surface area contributed by atoms with Crippen LogP contribution in [0.4, 0.5) is 10.1 Å². The molecule has 1 atom stereocenters. The van der Waals surface area contributed by atoms with Gasteiger partial charge in [0.05, 0.1) is 0 Å². The van der Waals surface area contributed by atoms with Crippen LogP contribution in [0.5, 0.6) is 0 Å². The Hall–Kier alpha value is -2.46. The molecule has 0 aliphatic heterocycles. The van der Waals surface area contributed by atoms with Crippen LogP contribution in [0.15, 0.2) is 60.8 Å². The molecule has 2 rings (SSSR count). The fourth-order valence-corrected chi connectivity index (χ4v) is 3.51. The Labute approximate surface area is 180 Å². The molecule has 0 heterocycles. The van der Waals surface area contributed by atoms with Crippen molar-refractivity contribution in [1.29, 1.82) is 0 Å². The Kier molecular flexibility index (Phi) is 7.96. The third kappa shape index (κ3) is 6.53. The van der Waals surface area contributed by atoms with Crippen molar-refractivity contribution in [2.45, 2.75) is 70.8 Å². The first-order valence-electron chi connectivity index (χ1n) is 10.6. The highest BCUT2D eigenvalue weighted by Gasteiger charge is 2.29. The maximum atomic E-state index is 13.0. The minimum atomic E-state index is -1.10. The highest BCUT2D eigenvalue weighted by molar-refractivity contribution is 5.95. The van der Waals surface area contributed by atoms with E-state index in [0.29, 0.717) is 36.9 Å². The second-order valence-corrected chi connectivity index (χ2v) is 9.00. The molecule has 0 saturated carbocycles. The maximum Gasteiger partial charge on any atom is 0.162 e. The van der Waals surface area contributed by atoms with E-state index < -0.39 is 5.60 Å². The number of nitrogens with one attached hydrogen (secondary N) is 1. The van der Waals surface area contributed by atoms with E-state index in [2.05, 4.69) is 44.8 Å². The predicted octanol–water partition coefficient (Wildman–Crippen LogP) is 6.63. The predicted molar refractivity (Wildman–Crippen MR) is 122 cm³/mol. The quantitative estimate of drug-likeness (QED) is 0.431. The third-order valence-corrected chi connectivity index (χ3v) is 5.43. The van der Waals surface area contributed by atoms with Crippen LogP contribution in [0, 0.1) is 5.82 Å². The molecule has 162 valence electrons. The molecule has 0 radical (unpaired) electrons. The van der Waals surface area contributed by atoms with Gasteiger partial charge in [0.25, 0.3) is 0 Å². The van der Waals surface area contributed by atoms with Crippen molar-refractivity contribution < 1.29 is 14.3 Å². The van der Waals surface area contributed by atoms with E-state index in [1.807, 2.05) is 19.1 Å². The number of anilines is 1. The lowest BCUT2D eigenvalue weighted by atomic mass is 9.86. The lowest BCUT2D eigenvalue weighted by molar-refractivity contribution is 0.0574. The first-order valence-corrected chi connectivity index (χ1v) is 10.6. The summed E-state index contributed by atoms with van der Waals surface area (Å²) in [5.74, 6) is -0.410. The molecule has 4 heteroatoms. The van der Waals surface area contributed by atoms with Crippen molar-refractivity contribution in [2.24, 2.45) is 0 Å². The molecule has 0 aliphatic carbocycles. The Balaban J connectivity index is 1.98. The molecule has 0 aliphatic rings. The second-order valence-electron chi connectivity index (χ2n) is 9.00. The van der Waals surface area contributed by atoms with Gasteiger partial charge in [-0.15, -0.1) is 0 Å². The molecule has 0 spiro atoms. The van der Waals surface area contributed by atoms with Gasteiger partial charge >= 0.3 is 0 Å². The summed E-state index contributed by atoms with van der Waals surface area (Å²) in [6.07, 6.45) is 2.61. The van der Waals surface area contributed by atoms with Crippen molar-refractivity contribution in [3.63, 3.8) is 0 Å². The molecule has 3 nitrogen and oxygen atoms in total. The minimum Gasteiger partial charge on any atom is -0.384 e. The van der Waals surface area contributed by atoms with Crippen molar-refractivity contribution in [3.8, 4) is 0 Å². The fraction of sp³-hybridized carbons (Fsp3) is 0.423. The van der Waals surface area contributed by atoms with Gasteiger partial charge in [0.15, 0.2) is 5.78 Å². The normalized spacial score (nSPS) is 13.5. The van der Waals surface area contributed by atoms with E-state index in [1.54, 1.807) is 0 Å². The molecule has 0 bridgehead atoms. The number of rotatable bonds is 10. The van der Waals surface area contributed by atoms with Gasteiger partial charge in [-0.3, -0.25) is 4.79 Å². The molecule has 2 aromatic rings. The van der Waals surface area contributed by atoms with Crippen molar-refractivity contribution in [3.05, 3.63) is 77.8 Å². The van der Waals surface area contributed by atoms with Crippen LogP contribution < -0.4 is 5.32 Å². The number of benzene rings is 2. The van der Waals surface area contributed by atoms with Gasteiger partial charge in [0.2, 0.25) is 0 Å². The molecule has 0 saturated heterocycles. The summed E-state index contributed by atoms with van der Waals surface area (Å²) < 4.78 is 13.0. The van der Waals surface area contributed by atoms with Crippen molar-refractivity contribution in [2.75, 3.05) is 5.32 Å². The molecule has 30 heavy (non-hydrogen) atoms. The van der Waals surface area contributed by atoms with Gasteiger partial charge in [0.1, 0.15) is 11.4 Å². The molecule has 0 amide bonds. The van der Waals surface area contributed by atoms with Crippen LogP contribution in [-0.4, -0.2) is 16.5 Å². The van der Waals surface area contributed by atoms with Crippen LogP contribution in [0.25, 0.3) is 0 Å². The lowest BCUT2D eigenvalue weighted by Crippen LogP contribution is -2.34. The average Bonchev–Trinajstić information content (AvgIpc) is 2.68. The van der Waals surface area contributed by atoms with Gasteiger partial charge in [-0.25, -0.2) is 4.39 Å². The molecular formula is C26H34FNO2. The summed E-state index contributed by atoms with van der Waals surface area (Å²) in [7, 11) is 0. The van der Waals surface area contributed by atoms with Gasteiger partial charge < -0.3 is 10.4 Å². The number of ketones is 1. The second kappa shape index (κ2) is 10.0. The highest BCUT2D eigenvalue weighted by Crippen LogP contribution is 2.30. The zero-order chi connectivity index (χ0) is 22.4. The molecule has 0 aromatic heterocycles. The number of carbonyl (C=O) groups is 1. The summed E-state index contributed by atoms with van der Waals surface area (Å²) in [4.78, 5) is 12.3. The van der Waals surface area contributed by atoms with Gasteiger partial charge in [0, 0.05) is 23.4 Å². The average molecular weight is 412 g/mol. The first kappa shape index (κ1) is 23.8. The van der Waals surface area contributed by atoms with Gasteiger partial charge in [-0.1, -0.05) is 52.8 Å². The zero-order valence-electron chi connectivity index (χ0n) is 18.6. The standard InChI is InChI=1S/C26H34FNO2/c1-6-17-26(30,18-7-8-24(29)20-9-13-22(27)14-10-20)19(2)28-23-15-11-21(12-16-23)25(3,4)5/h9-16,28,30H,2,6-8,17-18H2,1,3-5H3. The smallest absolute Gasteiger partial charge is 0.162 e. The minimum absolute atomic E-state index is 0.0508. The highest BCUT2D eigenvalue weighted by atomic mass is 19.1. The Morgan fingerprint density at radius 2 is 1.63 bits per heavy atom. The monoisotopic (exact) mass is 411 g/mol. The number of aliphatic hydroxyl groups is 1. The van der Waals surface area contributed by atoms with Crippen LogP contribution in [0.2, 0.25) is 0 Å². The molecule has 1 unspecified atom stereocenters. The number of hydrogen-bond donors (Lipinski definition) is 2. The molecule has 2 N–H and O–H groups in total. The third-order valence-electron chi connectivity index (χ3n) is 5.43. The van der Waals surface area contributed by atoms with Gasteiger partial charge in [-0.2, -0.15) is 0 Å². The fourth-order valence-electron chi connectivity index (χ4n) is 3.51. The van der Waals surface area contributed by atoms with E-state index in [-0.39, 0.29) is 17.0 Å². The largest absolute Gasteiger partial charge is 0.384 e. The summed E-state index contributed by atoms with van der Waals surface area (Å²) in [5, 5.41) is 14.5. The van der Waals surface area contributed by atoms with E-state index in [9.17, 15) is 14.3 Å². The SMILES string of the molecule is C=C(Nc1ccc(C(C)(C)C)cc1)C(O)(CCC)CCCC(=O)c1ccc(F)cc1. The van der Waals surface area contributed by atoms with E-state index in [4.69, 9.17) is 0 Å². The first-order chi connectivity index (χ1) is 14.0. The van der Waals surface area contributed by atoms with Crippen LogP contribution in [-0.2, 0) is 5.41 Å². The number of halogens is 1. The zero-order valence-corrected chi connectivity index (χ0v) is 18.6. The maximum absolute atomic E-state index is 13.0. The van der Waals surface area contributed by atoms with E-state index in [1.165, 1.54) is 29.8 Å². The summed E-state index contributed by atoms with van der Waals surface area (Å²) >= 11 is 0. The Morgan fingerprint density at radius 3 is 2.17 bits per heavy atom. The van der Waals surface area contributed by atoms with Crippen molar-refractivity contribution in [1.82, 2.24) is 0 Å². The van der Waals surface area contributed by atoms with Crippen molar-refractivity contribution >= 4 is 11.5 Å².